The Kier molecular flexibility index (Phi) is 2.92. The van der Waals surface area contributed by atoms with E-state index in [4.69, 9.17) is 0 Å². The maximum atomic E-state index is 11.9. The Bertz CT molecular complexity index is 327. The highest BCUT2D eigenvalue weighted by atomic mass is 19.4. The summed E-state index contributed by atoms with van der Waals surface area (Å²) in [4.78, 5) is 0. The Morgan fingerprint density at radius 2 is 1.80 bits per heavy atom. The van der Waals surface area contributed by atoms with E-state index in [2.05, 4.69) is 19.7 Å². The zero-order chi connectivity index (χ0) is 11.7. The molecule has 0 saturated carbocycles. The fourth-order valence-corrected chi connectivity index (χ4v) is 0.883. The Morgan fingerprint density at radius 3 is 2.27 bits per heavy atom. The van der Waals surface area contributed by atoms with E-state index < -0.39 is 18.2 Å². The molecule has 1 aromatic rings. The van der Waals surface area contributed by atoms with Crippen LogP contribution in [0.3, 0.4) is 0 Å². The van der Waals surface area contributed by atoms with Crippen LogP contribution in [0.25, 0.3) is 0 Å². The predicted octanol–water partition coefficient (Wildman–Crippen LogP) is 2.31. The highest BCUT2D eigenvalue weighted by molar-refractivity contribution is 5.22. The van der Waals surface area contributed by atoms with E-state index in [1.807, 2.05) is 0 Å². The molecular formula is C8H11F3N2O2. The molecule has 0 amide bonds. The molecule has 0 N–H and O–H groups in total. The number of aromatic nitrogens is 2. The maximum absolute atomic E-state index is 11.9. The van der Waals surface area contributed by atoms with E-state index in [1.54, 1.807) is 20.8 Å². The van der Waals surface area contributed by atoms with Gasteiger partial charge in [0.25, 0.3) is 5.88 Å². The summed E-state index contributed by atoms with van der Waals surface area (Å²) >= 11 is 0. The summed E-state index contributed by atoms with van der Waals surface area (Å²) in [7, 11) is 0. The van der Waals surface area contributed by atoms with Gasteiger partial charge in [-0.2, -0.15) is 13.2 Å². The smallest absolute Gasteiger partial charge is 0.422 e. The zero-order valence-corrected chi connectivity index (χ0v) is 8.55. The van der Waals surface area contributed by atoms with Crippen molar-refractivity contribution in [2.45, 2.75) is 32.4 Å². The number of rotatable bonds is 2. The van der Waals surface area contributed by atoms with Gasteiger partial charge in [0.15, 0.2) is 12.3 Å². The molecule has 0 aromatic carbocycles. The van der Waals surface area contributed by atoms with Gasteiger partial charge in [0.1, 0.15) is 0 Å². The van der Waals surface area contributed by atoms with Crippen LogP contribution >= 0.6 is 0 Å². The highest BCUT2D eigenvalue weighted by Gasteiger charge is 2.32. The molecule has 1 rings (SSSR count). The molecule has 0 aliphatic rings. The lowest BCUT2D eigenvalue weighted by atomic mass is 9.93. The van der Waals surface area contributed by atoms with Crippen LogP contribution in [0.1, 0.15) is 26.5 Å². The van der Waals surface area contributed by atoms with Crippen LogP contribution in [-0.2, 0) is 5.41 Å². The first-order valence-corrected chi connectivity index (χ1v) is 4.23. The van der Waals surface area contributed by atoms with E-state index in [0.29, 0.717) is 0 Å². The van der Waals surface area contributed by atoms with Crippen molar-refractivity contribution in [2.75, 3.05) is 6.61 Å². The van der Waals surface area contributed by atoms with E-state index in [-0.39, 0.29) is 11.6 Å². The fraction of sp³-hybridized carbons (Fsp3) is 0.750. The summed E-state index contributed by atoms with van der Waals surface area (Å²) in [6.07, 6.45) is -4.39. The van der Waals surface area contributed by atoms with Crippen molar-refractivity contribution in [3.63, 3.8) is 0 Å². The van der Waals surface area contributed by atoms with Crippen LogP contribution in [0.4, 0.5) is 13.2 Å². The van der Waals surface area contributed by atoms with Gasteiger partial charge >= 0.3 is 6.18 Å². The van der Waals surface area contributed by atoms with Crippen LogP contribution in [0.15, 0.2) is 4.63 Å². The second-order valence-electron chi connectivity index (χ2n) is 4.07. The molecule has 1 heterocycles. The fourth-order valence-electron chi connectivity index (χ4n) is 0.883. The number of ether oxygens (including phenoxy) is 1. The third-order valence-electron chi connectivity index (χ3n) is 1.54. The van der Waals surface area contributed by atoms with Crippen molar-refractivity contribution in [2.24, 2.45) is 0 Å². The monoisotopic (exact) mass is 224 g/mol. The van der Waals surface area contributed by atoms with Crippen molar-refractivity contribution < 1.29 is 22.5 Å². The van der Waals surface area contributed by atoms with Crippen molar-refractivity contribution in [3.05, 3.63) is 5.69 Å². The number of hydrogen-bond donors (Lipinski definition) is 0. The molecule has 86 valence electrons. The van der Waals surface area contributed by atoms with E-state index in [0.717, 1.165) is 0 Å². The Labute approximate surface area is 84.4 Å². The number of hydrogen-bond acceptors (Lipinski definition) is 4. The van der Waals surface area contributed by atoms with Gasteiger partial charge in [-0.3, -0.25) is 0 Å². The summed E-state index contributed by atoms with van der Waals surface area (Å²) in [5.74, 6) is -0.208. The Balaban J connectivity index is 2.75. The molecule has 15 heavy (non-hydrogen) atoms. The van der Waals surface area contributed by atoms with Gasteiger partial charge in [0.2, 0.25) is 0 Å². The lowest BCUT2D eigenvalue weighted by Gasteiger charge is -2.15. The topological polar surface area (TPSA) is 48.2 Å². The Hall–Kier alpha value is -1.27. The lowest BCUT2D eigenvalue weighted by Crippen LogP contribution is -2.21. The van der Waals surface area contributed by atoms with Gasteiger partial charge < -0.3 is 4.74 Å². The number of alkyl halides is 3. The second-order valence-corrected chi connectivity index (χ2v) is 4.07. The molecule has 4 nitrogen and oxygen atoms in total. The van der Waals surface area contributed by atoms with Gasteiger partial charge in [0.05, 0.1) is 0 Å². The van der Waals surface area contributed by atoms with Crippen molar-refractivity contribution >= 4 is 0 Å². The van der Waals surface area contributed by atoms with Crippen molar-refractivity contribution in [3.8, 4) is 5.88 Å². The third kappa shape index (κ3) is 3.41. The van der Waals surface area contributed by atoms with Gasteiger partial charge in [-0.05, 0) is 5.16 Å². The predicted molar refractivity (Wildman–Crippen MR) is 44.5 cm³/mol. The normalized spacial score (nSPS) is 12.9. The molecule has 0 radical (unpaired) electrons. The number of nitrogens with zero attached hydrogens (tertiary/aromatic N) is 2. The molecule has 0 atom stereocenters. The molecule has 0 spiro atoms. The van der Waals surface area contributed by atoms with Gasteiger partial charge in [0, 0.05) is 5.41 Å². The first kappa shape index (κ1) is 11.8. The quantitative estimate of drug-likeness (QED) is 0.773. The SMILES string of the molecule is CC(C)(C)c1nonc1OCC(F)(F)F. The molecular weight excluding hydrogens is 213 g/mol. The number of halogens is 3. The van der Waals surface area contributed by atoms with E-state index in [9.17, 15) is 13.2 Å². The first-order valence-electron chi connectivity index (χ1n) is 4.23. The molecule has 0 bridgehead atoms. The third-order valence-corrected chi connectivity index (χ3v) is 1.54. The van der Waals surface area contributed by atoms with Crippen molar-refractivity contribution in [1.29, 1.82) is 0 Å². The molecule has 0 aliphatic carbocycles. The minimum atomic E-state index is -4.39. The summed E-state index contributed by atoms with van der Waals surface area (Å²) in [5.41, 5.74) is -0.201. The second kappa shape index (κ2) is 3.71. The van der Waals surface area contributed by atoms with Crippen LogP contribution < -0.4 is 4.74 Å². The summed E-state index contributed by atoms with van der Waals surface area (Å²) in [6.45, 7) is 3.91. The van der Waals surface area contributed by atoms with Gasteiger partial charge in [-0.1, -0.05) is 25.9 Å². The first-order chi connectivity index (χ1) is 6.70. The summed E-state index contributed by atoms with van der Waals surface area (Å²) in [5, 5.41) is 6.79. The average molecular weight is 224 g/mol. The maximum Gasteiger partial charge on any atom is 0.422 e. The van der Waals surface area contributed by atoms with Gasteiger partial charge in [-0.15, -0.1) is 0 Å². The van der Waals surface area contributed by atoms with E-state index in [1.165, 1.54) is 0 Å². The minimum absolute atomic E-state index is 0.208. The van der Waals surface area contributed by atoms with E-state index >= 15 is 0 Å². The minimum Gasteiger partial charge on any atom is -0.464 e. The molecule has 0 saturated heterocycles. The lowest BCUT2D eigenvalue weighted by molar-refractivity contribution is -0.154. The van der Waals surface area contributed by atoms with Crippen LogP contribution in [0.2, 0.25) is 0 Å². The average Bonchev–Trinajstić information content (AvgIpc) is 2.45. The molecule has 0 unspecified atom stereocenters. The Morgan fingerprint density at radius 1 is 1.20 bits per heavy atom. The molecule has 0 aliphatic heterocycles. The highest BCUT2D eigenvalue weighted by Crippen LogP contribution is 2.28. The standard InChI is InChI=1S/C8H11F3N2O2/c1-7(2,3)5-6(13-15-12-5)14-4-8(9,10)11/h4H2,1-3H3. The molecule has 0 fully saturated rings. The zero-order valence-electron chi connectivity index (χ0n) is 8.55. The van der Waals surface area contributed by atoms with Crippen LogP contribution in [0.5, 0.6) is 5.88 Å². The largest absolute Gasteiger partial charge is 0.464 e. The van der Waals surface area contributed by atoms with Crippen LogP contribution in [0, 0.1) is 0 Å². The summed E-state index contributed by atoms with van der Waals surface area (Å²) in [6, 6.07) is 0. The summed E-state index contributed by atoms with van der Waals surface area (Å²) < 4.78 is 44.4. The van der Waals surface area contributed by atoms with Gasteiger partial charge in [-0.25, -0.2) is 4.63 Å². The van der Waals surface area contributed by atoms with Crippen molar-refractivity contribution in [1.82, 2.24) is 10.3 Å². The molecule has 7 heteroatoms. The van der Waals surface area contributed by atoms with Crippen LogP contribution in [-0.4, -0.2) is 23.1 Å². The molecule has 1 aromatic heterocycles.